The number of piperazine rings is 1. The number of amides is 3. The van der Waals surface area contributed by atoms with Crippen molar-refractivity contribution in [3.05, 3.63) is 36.4 Å². The molecule has 3 amide bonds. The number of hydrogen-bond acceptors (Lipinski definition) is 7. The maximum atomic E-state index is 14.4. The van der Waals surface area contributed by atoms with Crippen molar-refractivity contribution in [2.45, 2.75) is 68.7 Å². The van der Waals surface area contributed by atoms with Gasteiger partial charge in [0.05, 0.1) is 17.9 Å². The second-order valence-corrected chi connectivity index (χ2v) is 14.0. The number of nitrogens with zero attached hydrogens (tertiary/aromatic N) is 3. The van der Waals surface area contributed by atoms with Crippen molar-refractivity contribution >= 4 is 47.6 Å². The van der Waals surface area contributed by atoms with Gasteiger partial charge in [-0.2, -0.15) is 0 Å². The molecule has 6 rings (SSSR count). The number of carbonyl (C=O) groups excluding carboxylic acids is 3. The van der Waals surface area contributed by atoms with E-state index in [1.54, 1.807) is 16.7 Å². The Balaban J connectivity index is 0.00000384. The number of anilines is 1. The molecule has 3 saturated heterocycles. The van der Waals surface area contributed by atoms with Crippen LogP contribution in [0, 0.1) is 23.7 Å². The minimum Gasteiger partial charge on any atom is -0.359 e. The van der Waals surface area contributed by atoms with Crippen LogP contribution in [0.2, 0.25) is 0 Å². The van der Waals surface area contributed by atoms with Gasteiger partial charge >= 0.3 is 0 Å². The lowest BCUT2D eigenvalue weighted by atomic mass is 9.73. The molecule has 6 unspecified atom stereocenters. The predicted molar refractivity (Wildman–Crippen MR) is 176 cm³/mol. The molecule has 4 aliphatic heterocycles. The number of halogens is 1. The topological polar surface area (TPSA) is 94.2 Å². The van der Waals surface area contributed by atoms with Crippen molar-refractivity contribution in [3.63, 3.8) is 0 Å². The highest BCUT2D eigenvalue weighted by Crippen LogP contribution is 2.55. The quantitative estimate of drug-likeness (QED) is 0.314. The van der Waals surface area contributed by atoms with E-state index in [1.807, 2.05) is 42.7 Å². The third kappa shape index (κ3) is 6.05. The summed E-state index contributed by atoms with van der Waals surface area (Å²) in [7, 11) is 0. The summed E-state index contributed by atoms with van der Waals surface area (Å²) in [4.78, 5) is 50.0. The van der Waals surface area contributed by atoms with Crippen LogP contribution in [0.25, 0.3) is 0 Å². The lowest BCUT2D eigenvalue weighted by Gasteiger charge is -2.39. The van der Waals surface area contributed by atoms with Crippen LogP contribution in [0.3, 0.4) is 0 Å². The van der Waals surface area contributed by atoms with Crippen LogP contribution in [0.5, 0.6) is 0 Å². The predicted octanol–water partition coefficient (Wildman–Crippen LogP) is 3.50. The summed E-state index contributed by atoms with van der Waals surface area (Å²) in [6.07, 6.45) is 8.46. The fourth-order valence-corrected chi connectivity index (χ4v) is 8.52. The second-order valence-electron chi connectivity index (χ2n) is 13.1. The van der Waals surface area contributed by atoms with E-state index in [9.17, 15) is 14.4 Å². The molecule has 5 aliphatic rings. The van der Waals surface area contributed by atoms with Gasteiger partial charge in [0.25, 0.3) is 0 Å². The van der Waals surface area contributed by atoms with Crippen LogP contribution < -0.4 is 10.6 Å². The van der Waals surface area contributed by atoms with E-state index in [0.29, 0.717) is 30.6 Å². The number of likely N-dealkylation sites (N-methyl/N-ethyl adjacent to an activating group) is 1. The minimum atomic E-state index is -1.14. The van der Waals surface area contributed by atoms with Gasteiger partial charge in [-0.25, -0.2) is 0 Å². The maximum absolute atomic E-state index is 14.4. The summed E-state index contributed by atoms with van der Waals surface area (Å²) in [5.41, 5.74) is -0.444. The highest BCUT2D eigenvalue weighted by Gasteiger charge is 2.72. The molecule has 2 bridgehead atoms. The normalized spacial score (nSPS) is 35.0. The first-order valence-corrected chi connectivity index (χ1v) is 17.4. The second kappa shape index (κ2) is 13.7. The molecule has 0 radical (unpaired) electrons. The number of carbonyl (C=O) groups is 3. The zero-order chi connectivity index (χ0) is 30.3. The van der Waals surface area contributed by atoms with E-state index in [-0.39, 0.29) is 36.2 Å². The summed E-state index contributed by atoms with van der Waals surface area (Å²) in [5.74, 6) is -1.08. The SMILES string of the molecule is CCN1CCN(CCN2C(=O)[C@H]3C(C(=O)Nc4cccc(SC)c4)[C@H]4C=CC3(O4)C2C(=O)NC2CCCC(C)C2C)CC1.Cl. The number of thioether (sulfide) groups is 1. The van der Waals surface area contributed by atoms with Gasteiger partial charge in [-0.15, -0.1) is 24.2 Å². The number of ether oxygens (including phenoxy) is 1. The summed E-state index contributed by atoms with van der Waals surface area (Å²) < 4.78 is 6.57. The number of nitrogens with one attached hydrogen (secondary N) is 2. The number of hydrogen-bond donors (Lipinski definition) is 2. The summed E-state index contributed by atoms with van der Waals surface area (Å²) >= 11 is 1.61. The number of fused-ring (bicyclic) bond motifs is 1. The van der Waals surface area contributed by atoms with Gasteiger partial charge in [0.15, 0.2) is 0 Å². The van der Waals surface area contributed by atoms with Crippen LogP contribution >= 0.6 is 24.2 Å². The third-order valence-corrected chi connectivity index (χ3v) is 11.6. The van der Waals surface area contributed by atoms with Crippen molar-refractivity contribution in [3.8, 4) is 0 Å². The fourth-order valence-electron chi connectivity index (χ4n) is 8.06. The van der Waals surface area contributed by atoms with E-state index in [1.165, 1.54) is 6.42 Å². The van der Waals surface area contributed by atoms with E-state index in [4.69, 9.17) is 4.74 Å². The van der Waals surface area contributed by atoms with Crippen LogP contribution in [0.15, 0.2) is 41.3 Å². The molecule has 1 aromatic carbocycles. The highest BCUT2D eigenvalue weighted by molar-refractivity contribution is 7.98. The Hall–Kier alpha value is -2.11. The Bertz CT molecular complexity index is 1260. The molecule has 1 saturated carbocycles. The van der Waals surface area contributed by atoms with Crippen molar-refractivity contribution in [2.24, 2.45) is 23.7 Å². The van der Waals surface area contributed by atoms with Crippen LogP contribution in [0.4, 0.5) is 5.69 Å². The van der Waals surface area contributed by atoms with E-state index < -0.39 is 29.6 Å². The van der Waals surface area contributed by atoms with E-state index >= 15 is 0 Å². The lowest BCUT2D eigenvalue weighted by Crippen LogP contribution is -2.58. The zero-order valence-corrected chi connectivity index (χ0v) is 28.0. The summed E-state index contributed by atoms with van der Waals surface area (Å²) in [5, 5.41) is 6.41. The van der Waals surface area contributed by atoms with Gasteiger partial charge in [-0.05, 0) is 49.3 Å². The molecule has 44 heavy (non-hydrogen) atoms. The van der Waals surface area contributed by atoms with Gasteiger partial charge in [0, 0.05) is 55.9 Å². The highest BCUT2D eigenvalue weighted by atomic mass is 35.5. The smallest absolute Gasteiger partial charge is 0.246 e. The molecule has 242 valence electrons. The Morgan fingerprint density at radius 2 is 1.82 bits per heavy atom. The molecule has 4 heterocycles. The number of rotatable bonds is 9. The number of benzene rings is 1. The Morgan fingerprint density at radius 3 is 2.55 bits per heavy atom. The first-order chi connectivity index (χ1) is 20.8. The van der Waals surface area contributed by atoms with Gasteiger partial charge in [0.1, 0.15) is 11.6 Å². The summed E-state index contributed by atoms with van der Waals surface area (Å²) in [6, 6.07) is 6.97. The van der Waals surface area contributed by atoms with Gasteiger partial charge < -0.3 is 25.2 Å². The van der Waals surface area contributed by atoms with Crippen LogP contribution in [-0.2, 0) is 19.1 Å². The molecular weight excluding hydrogens is 598 g/mol. The van der Waals surface area contributed by atoms with Crippen molar-refractivity contribution in [1.29, 1.82) is 0 Å². The molecule has 11 heteroatoms. The summed E-state index contributed by atoms with van der Waals surface area (Å²) in [6.45, 7) is 12.7. The molecule has 8 atom stereocenters. The van der Waals surface area contributed by atoms with E-state index in [0.717, 1.165) is 50.5 Å². The third-order valence-electron chi connectivity index (χ3n) is 10.9. The monoisotopic (exact) mass is 645 g/mol. The van der Waals surface area contributed by atoms with Crippen molar-refractivity contribution in [2.75, 3.05) is 57.4 Å². The fraction of sp³-hybridized carbons (Fsp3) is 0.667. The maximum Gasteiger partial charge on any atom is 0.246 e. The van der Waals surface area contributed by atoms with Crippen LogP contribution in [-0.4, -0.2) is 108 Å². The minimum absolute atomic E-state index is 0. The number of likely N-dealkylation sites (tertiary alicyclic amines) is 1. The molecule has 1 aromatic rings. The molecule has 1 aliphatic carbocycles. The van der Waals surface area contributed by atoms with E-state index in [2.05, 4.69) is 41.2 Å². The molecule has 9 nitrogen and oxygen atoms in total. The molecular formula is C33H48ClN5O4S. The Kier molecular flexibility index (Phi) is 10.4. The largest absolute Gasteiger partial charge is 0.359 e. The average Bonchev–Trinajstić information content (AvgIpc) is 3.66. The Morgan fingerprint density at radius 1 is 1.07 bits per heavy atom. The van der Waals surface area contributed by atoms with Crippen molar-refractivity contribution in [1.82, 2.24) is 20.0 Å². The molecule has 0 aromatic heterocycles. The van der Waals surface area contributed by atoms with Crippen LogP contribution in [0.1, 0.15) is 40.0 Å². The van der Waals surface area contributed by atoms with Crippen molar-refractivity contribution < 1.29 is 19.1 Å². The molecule has 1 spiro atoms. The first-order valence-electron chi connectivity index (χ1n) is 16.1. The Labute approximate surface area is 272 Å². The zero-order valence-electron chi connectivity index (χ0n) is 26.4. The average molecular weight is 646 g/mol. The van der Waals surface area contributed by atoms with Gasteiger partial charge in [-0.1, -0.05) is 51.8 Å². The van der Waals surface area contributed by atoms with Gasteiger partial charge in [0.2, 0.25) is 17.7 Å². The first kappa shape index (κ1) is 33.3. The lowest BCUT2D eigenvalue weighted by molar-refractivity contribution is -0.142. The van der Waals surface area contributed by atoms with Gasteiger partial charge in [-0.3, -0.25) is 19.3 Å². The molecule has 2 N–H and O–H groups in total. The molecule has 4 fully saturated rings. The standard InChI is InChI=1S/C33H47N5O4S.ClH/c1-5-36-14-16-37(17-15-36)18-19-38-29(31(40)35-25-11-6-8-21(2)22(25)3)33-13-12-26(42-33)27(28(33)32(38)41)30(39)34-23-9-7-10-24(20-23)43-4;/h7,9-10,12-13,20-22,25-29H,5-6,8,11,14-19H2,1-4H3,(H,34,39)(H,35,40);1H/t21?,22?,25?,26-,27?,28-,29?,33?;/m1./s1.